The zero-order valence-corrected chi connectivity index (χ0v) is 7.51. The lowest BCUT2D eigenvalue weighted by molar-refractivity contribution is 0.920. The van der Waals surface area contributed by atoms with E-state index in [0.29, 0.717) is 6.67 Å². The van der Waals surface area contributed by atoms with Crippen LogP contribution < -0.4 is 11.1 Å². The van der Waals surface area contributed by atoms with Crippen LogP contribution in [0.15, 0.2) is 24.3 Å². The maximum Gasteiger partial charge on any atom is 0.0628 e. The molecular formula is C10H16N2. The minimum atomic E-state index is 0.501. The number of aryl methyl sites for hydroxylation is 1. The van der Waals surface area contributed by atoms with Crippen molar-refractivity contribution in [1.82, 2.24) is 0 Å². The lowest BCUT2D eigenvalue weighted by Gasteiger charge is -2.08. The molecule has 0 heterocycles. The second-order valence-electron chi connectivity index (χ2n) is 2.79. The molecule has 1 aromatic rings. The first-order valence-corrected chi connectivity index (χ1v) is 4.40. The average Bonchev–Trinajstić information content (AvgIpc) is 2.09. The number of nitrogens with two attached hydrogens (primary N) is 1. The molecule has 2 nitrogen and oxygen atoms in total. The van der Waals surface area contributed by atoms with E-state index in [4.69, 9.17) is 5.73 Å². The molecule has 0 radical (unpaired) electrons. The summed E-state index contributed by atoms with van der Waals surface area (Å²) in [6.45, 7) is 2.68. The Hall–Kier alpha value is -1.02. The number of nitrogens with one attached hydrogen (secondary N) is 1. The fraction of sp³-hybridized carbons (Fsp3) is 0.400. The van der Waals surface area contributed by atoms with E-state index in [9.17, 15) is 0 Å². The van der Waals surface area contributed by atoms with E-state index >= 15 is 0 Å². The predicted octanol–water partition coefficient (Wildman–Crippen LogP) is 1.97. The second-order valence-corrected chi connectivity index (χ2v) is 2.79. The van der Waals surface area contributed by atoms with Gasteiger partial charge in [-0.2, -0.15) is 0 Å². The summed E-state index contributed by atoms with van der Waals surface area (Å²) in [6.07, 6.45) is 2.28. The van der Waals surface area contributed by atoms with Crippen molar-refractivity contribution < 1.29 is 0 Å². The Morgan fingerprint density at radius 1 is 1.33 bits per heavy atom. The zero-order valence-electron chi connectivity index (χ0n) is 7.51. The van der Waals surface area contributed by atoms with Crippen molar-refractivity contribution in [1.29, 1.82) is 0 Å². The lowest BCUT2D eigenvalue weighted by Crippen LogP contribution is -2.12. The van der Waals surface area contributed by atoms with E-state index < -0.39 is 0 Å². The third kappa shape index (κ3) is 2.24. The van der Waals surface area contributed by atoms with E-state index in [2.05, 4.69) is 30.4 Å². The molecular weight excluding hydrogens is 148 g/mol. The molecule has 1 rings (SSSR count). The zero-order chi connectivity index (χ0) is 8.81. The molecule has 2 heteroatoms. The number of hydrogen-bond acceptors (Lipinski definition) is 2. The second kappa shape index (κ2) is 4.78. The van der Waals surface area contributed by atoms with Crippen LogP contribution >= 0.6 is 0 Å². The molecule has 0 aliphatic heterocycles. The predicted molar refractivity (Wildman–Crippen MR) is 53.1 cm³/mol. The molecule has 3 N–H and O–H groups in total. The first-order chi connectivity index (χ1) is 5.88. The highest BCUT2D eigenvalue weighted by molar-refractivity contribution is 5.50. The van der Waals surface area contributed by atoms with Gasteiger partial charge in [-0.05, 0) is 18.1 Å². The smallest absolute Gasteiger partial charge is 0.0628 e. The van der Waals surface area contributed by atoms with Crippen LogP contribution in [0.1, 0.15) is 18.9 Å². The van der Waals surface area contributed by atoms with Crippen molar-refractivity contribution in [3.05, 3.63) is 29.8 Å². The van der Waals surface area contributed by atoms with Gasteiger partial charge in [-0.1, -0.05) is 31.5 Å². The van der Waals surface area contributed by atoms with Gasteiger partial charge in [0.15, 0.2) is 0 Å². The number of rotatable bonds is 4. The fourth-order valence-electron chi connectivity index (χ4n) is 1.29. The Labute approximate surface area is 73.8 Å². The molecule has 0 aromatic heterocycles. The standard InChI is InChI=1S/C10H16N2/c1-2-5-9-6-3-4-7-10(9)12-8-11/h3-4,6-7,12H,2,5,8,11H2,1H3. The van der Waals surface area contributed by atoms with Gasteiger partial charge in [0, 0.05) is 5.69 Å². The molecule has 0 saturated heterocycles. The summed E-state index contributed by atoms with van der Waals surface area (Å²) in [4.78, 5) is 0. The highest BCUT2D eigenvalue weighted by atomic mass is 15.0. The van der Waals surface area contributed by atoms with Crippen molar-refractivity contribution in [2.45, 2.75) is 19.8 Å². The summed E-state index contributed by atoms with van der Waals surface area (Å²) in [6, 6.07) is 8.29. The Morgan fingerprint density at radius 2 is 2.08 bits per heavy atom. The van der Waals surface area contributed by atoms with Gasteiger partial charge in [-0.3, -0.25) is 0 Å². The highest BCUT2D eigenvalue weighted by Crippen LogP contribution is 2.15. The summed E-state index contributed by atoms with van der Waals surface area (Å²) in [5.41, 5.74) is 7.94. The molecule has 0 fully saturated rings. The fourth-order valence-corrected chi connectivity index (χ4v) is 1.29. The van der Waals surface area contributed by atoms with Crippen LogP contribution in [0.3, 0.4) is 0 Å². The van der Waals surface area contributed by atoms with Gasteiger partial charge in [0.1, 0.15) is 0 Å². The van der Waals surface area contributed by atoms with Crippen molar-refractivity contribution in [2.75, 3.05) is 12.0 Å². The Morgan fingerprint density at radius 3 is 2.75 bits per heavy atom. The average molecular weight is 164 g/mol. The molecule has 66 valence electrons. The third-order valence-electron chi connectivity index (χ3n) is 1.83. The largest absolute Gasteiger partial charge is 0.372 e. The molecule has 0 bridgehead atoms. The molecule has 0 amide bonds. The normalized spacial score (nSPS) is 9.83. The van der Waals surface area contributed by atoms with Crippen LogP contribution in [-0.2, 0) is 6.42 Å². The van der Waals surface area contributed by atoms with E-state index in [-0.39, 0.29) is 0 Å². The third-order valence-corrected chi connectivity index (χ3v) is 1.83. The van der Waals surface area contributed by atoms with Gasteiger partial charge in [0.05, 0.1) is 6.67 Å². The Bertz CT molecular complexity index is 208. The minimum absolute atomic E-state index is 0.501. The van der Waals surface area contributed by atoms with E-state index in [1.165, 1.54) is 17.7 Å². The summed E-state index contributed by atoms with van der Waals surface area (Å²) in [5.74, 6) is 0. The van der Waals surface area contributed by atoms with Gasteiger partial charge in [0.2, 0.25) is 0 Å². The summed E-state index contributed by atoms with van der Waals surface area (Å²) in [7, 11) is 0. The summed E-state index contributed by atoms with van der Waals surface area (Å²) in [5, 5.41) is 3.14. The summed E-state index contributed by atoms with van der Waals surface area (Å²) < 4.78 is 0. The first-order valence-electron chi connectivity index (χ1n) is 4.40. The van der Waals surface area contributed by atoms with Crippen molar-refractivity contribution in [3.63, 3.8) is 0 Å². The number of anilines is 1. The van der Waals surface area contributed by atoms with Crippen LogP contribution in [0.25, 0.3) is 0 Å². The monoisotopic (exact) mass is 164 g/mol. The molecule has 12 heavy (non-hydrogen) atoms. The van der Waals surface area contributed by atoms with Crippen LogP contribution in [0, 0.1) is 0 Å². The van der Waals surface area contributed by atoms with Crippen molar-refractivity contribution in [3.8, 4) is 0 Å². The Balaban J connectivity index is 2.77. The van der Waals surface area contributed by atoms with Crippen LogP contribution in [0.2, 0.25) is 0 Å². The van der Waals surface area contributed by atoms with Gasteiger partial charge in [-0.15, -0.1) is 0 Å². The van der Waals surface area contributed by atoms with E-state index in [1.807, 2.05) is 6.07 Å². The van der Waals surface area contributed by atoms with Gasteiger partial charge in [-0.25, -0.2) is 0 Å². The number of para-hydroxylation sites is 1. The molecule has 0 unspecified atom stereocenters. The van der Waals surface area contributed by atoms with Crippen LogP contribution in [0.5, 0.6) is 0 Å². The number of benzene rings is 1. The topological polar surface area (TPSA) is 38.0 Å². The van der Waals surface area contributed by atoms with E-state index in [0.717, 1.165) is 6.42 Å². The summed E-state index contributed by atoms with van der Waals surface area (Å²) >= 11 is 0. The molecule has 1 aromatic carbocycles. The minimum Gasteiger partial charge on any atom is -0.372 e. The lowest BCUT2D eigenvalue weighted by atomic mass is 10.1. The van der Waals surface area contributed by atoms with Gasteiger partial charge < -0.3 is 11.1 Å². The van der Waals surface area contributed by atoms with Crippen molar-refractivity contribution in [2.24, 2.45) is 5.73 Å². The molecule has 0 saturated carbocycles. The van der Waals surface area contributed by atoms with Crippen molar-refractivity contribution >= 4 is 5.69 Å². The molecule has 0 aliphatic rings. The Kier molecular flexibility index (Phi) is 3.61. The van der Waals surface area contributed by atoms with Crippen LogP contribution in [0.4, 0.5) is 5.69 Å². The highest BCUT2D eigenvalue weighted by Gasteiger charge is 1.97. The first kappa shape index (κ1) is 9.07. The molecule has 0 aliphatic carbocycles. The SMILES string of the molecule is CCCc1ccccc1NCN. The maximum absolute atomic E-state index is 5.41. The van der Waals surface area contributed by atoms with Gasteiger partial charge >= 0.3 is 0 Å². The maximum atomic E-state index is 5.41. The molecule has 0 atom stereocenters. The van der Waals surface area contributed by atoms with E-state index in [1.54, 1.807) is 0 Å². The van der Waals surface area contributed by atoms with Crippen LogP contribution in [-0.4, -0.2) is 6.67 Å². The quantitative estimate of drug-likeness (QED) is 0.668. The van der Waals surface area contributed by atoms with Gasteiger partial charge in [0.25, 0.3) is 0 Å². The molecule has 0 spiro atoms. The number of hydrogen-bond donors (Lipinski definition) is 2.